The molecular weight excluding hydrogens is 232 g/mol. The maximum atomic E-state index is 3.85. The zero-order chi connectivity index (χ0) is 13.9. The number of likely N-dealkylation sites (N-methyl/N-ethyl adjacent to an activating group) is 2. The minimum Gasteiger partial charge on any atom is -0.312 e. The molecule has 2 fully saturated rings. The first kappa shape index (κ1) is 15.3. The van der Waals surface area contributed by atoms with Crippen molar-refractivity contribution in [2.24, 2.45) is 11.8 Å². The van der Waals surface area contributed by atoms with Gasteiger partial charge in [-0.3, -0.25) is 0 Å². The Bertz CT molecular complexity index is 272. The number of hydrogen-bond acceptors (Lipinski definition) is 2. The normalized spacial score (nSPS) is 34.3. The van der Waals surface area contributed by atoms with Gasteiger partial charge in [0.1, 0.15) is 0 Å². The van der Waals surface area contributed by atoms with Crippen LogP contribution in [0.2, 0.25) is 0 Å². The predicted molar refractivity (Wildman–Crippen MR) is 83.5 cm³/mol. The summed E-state index contributed by atoms with van der Waals surface area (Å²) in [6.07, 6.45) is 11.4. The van der Waals surface area contributed by atoms with Crippen molar-refractivity contribution in [2.45, 2.75) is 76.8 Å². The van der Waals surface area contributed by atoms with E-state index in [1.165, 1.54) is 51.4 Å². The fourth-order valence-electron chi connectivity index (χ4n) is 4.40. The Morgan fingerprint density at radius 2 is 1.95 bits per heavy atom. The largest absolute Gasteiger partial charge is 0.312 e. The van der Waals surface area contributed by atoms with E-state index in [1.807, 2.05) is 0 Å². The molecule has 2 rings (SSSR count). The van der Waals surface area contributed by atoms with E-state index in [2.05, 4.69) is 38.2 Å². The third-order valence-corrected chi connectivity index (χ3v) is 5.79. The molecule has 1 N–H and O–H groups in total. The van der Waals surface area contributed by atoms with Crippen molar-refractivity contribution in [1.29, 1.82) is 0 Å². The molecule has 0 saturated heterocycles. The third-order valence-electron chi connectivity index (χ3n) is 5.79. The molecule has 2 aliphatic carbocycles. The van der Waals surface area contributed by atoms with Crippen LogP contribution >= 0.6 is 0 Å². The van der Waals surface area contributed by atoms with Gasteiger partial charge in [0, 0.05) is 11.6 Å². The smallest absolute Gasteiger partial charge is 0.0359 e. The highest BCUT2D eigenvalue weighted by atomic mass is 15.2. The maximum Gasteiger partial charge on any atom is 0.0359 e. The van der Waals surface area contributed by atoms with Gasteiger partial charge >= 0.3 is 0 Å². The van der Waals surface area contributed by atoms with E-state index in [0.717, 1.165) is 18.4 Å². The molecule has 0 heterocycles. The van der Waals surface area contributed by atoms with Crippen LogP contribution in [0.5, 0.6) is 0 Å². The van der Waals surface area contributed by atoms with Crippen LogP contribution in [0.1, 0.15) is 65.2 Å². The Labute approximate surface area is 120 Å². The minimum absolute atomic E-state index is 0.406. The summed E-state index contributed by atoms with van der Waals surface area (Å²) in [6, 6.07) is 0.695. The van der Waals surface area contributed by atoms with Crippen LogP contribution in [0.15, 0.2) is 0 Å². The second-order valence-electron chi connectivity index (χ2n) is 7.34. The van der Waals surface area contributed by atoms with E-state index < -0.39 is 0 Å². The van der Waals surface area contributed by atoms with E-state index in [4.69, 9.17) is 0 Å². The van der Waals surface area contributed by atoms with Crippen molar-refractivity contribution in [3.63, 3.8) is 0 Å². The van der Waals surface area contributed by atoms with Crippen LogP contribution < -0.4 is 5.32 Å². The summed E-state index contributed by atoms with van der Waals surface area (Å²) in [4.78, 5) is 2.55. The van der Waals surface area contributed by atoms with Gasteiger partial charge in [0.2, 0.25) is 0 Å². The molecule has 0 aromatic heterocycles. The SMILES string of the molecule is CCNC(CC1CCC1)C1(N(C)C)CCCC(C)C1. The zero-order valence-corrected chi connectivity index (χ0v) is 13.5. The average molecular weight is 266 g/mol. The van der Waals surface area contributed by atoms with Gasteiger partial charge in [-0.25, -0.2) is 0 Å². The highest BCUT2D eigenvalue weighted by Gasteiger charge is 2.44. The Balaban J connectivity index is 2.11. The Morgan fingerprint density at radius 1 is 1.21 bits per heavy atom. The van der Waals surface area contributed by atoms with Crippen LogP contribution in [-0.4, -0.2) is 37.1 Å². The van der Waals surface area contributed by atoms with E-state index in [9.17, 15) is 0 Å². The third kappa shape index (κ3) is 3.33. The molecule has 112 valence electrons. The van der Waals surface area contributed by atoms with Crippen molar-refractivity contribution >= 4 is 0 Å². The molecular formula is C17H34N2. The zero-order valence-electron chi connectivity index (χ0n) is 13.5. The van der Waals surface area contributed by atoms with E-state index in [0.29, 0.717) is 11.6 Å². The highest BCUT2D eigenvalue weighted by Crippen LogP contribution is 2.42. The highest BCUT2D eigenvalue weighted by molar-refractivity contribution is 5.02. The molecule has 2 heteroatoms. The second kappa shape index (κ2) is 6.58. The molecule has 3 unspecified atom stereocenters. The van der Waals surface area contributed by atoms with Crippen molar-refractivity contribution in [3.05, 3.63) is 0 Å². The molecule has 3 atom stereocenters. The Morgan fingerprint density at radius 3 is 2.42 bits per heavy atom. The molecule has 0 aliphatic heterocycles. The number of nitrogens with one attached hydrogen (secondary N) is 1. The summed E-state index contributed by atoms with van der Waals surface area (Å²) in [6.45, 7) is 5.83. The van der Waals surface area contributed by atoms with Crippen LogP contribution in [0.3, 0.4) is 0 Å². The van der Waals surface area contributed by atoms with Gasteiger partial charge in [0.05, 0.1) is 0 Å². The Hall–Kier alpha value is -0.0800. The van der Waals surface area contributed by atoms with Crippen LogP contribution in [0, 0.1) is 11.8 Å². The molecule has 2 saturated carbocycles. The number of hydrogen-bond donors (Lipinski definition) is 1. The molecule has 0 aromatic rings. The minimum atomic E-state index is 0.406. The van der Waals surface area contributed by atoms with Crippen LogP contribution in [0.4, 0.5) is 0 Å². The lowest BCUT2D eigenvalue weighted by atomic mass is 9.67. The fraction of sp³-hybridized carbons (Fsp3) is 1.00. The number of nitrogens with zero attached hydrogens (tertiary/aromatic N) is 1. The molecule has 0 amide bonds. The topological polar surface area (TPSA) is 15.3 Å². The second-order valence-corrected chi connectivity index (χ2v) is 7.34. The standard InChI is InChI=1S/C17H34N2/c1-5-18-16(12-15-9-6-10-15)17(19(3)4)11-7-8-14(2)13-17/h14-16,18H,5-13H2,1-4H3. The first-order chi connectivity index (χ1) is 9.08. The summed E-state index contributed by atoms with van der Waals surface area (Å²) >= 11 is 0. The van der Waals surface area contributed by atoms with Gasteiger partial charge in [-0.15, -0.1) is 0 Å². The van der Waals surface area contributed by atoms with Gasteiger partial charge in [-0.05, 0) is 51.7 Å². The summed E-state index contributed by atoms with van der Waals surface area (Å²) in [5, 5.41) is 3.85. The Kier molecular flexibility index (Phi) is 5.30. The van der Waals surface area contributed by atoms with Crippen LogP contribution in [0.25, 0.3) is 0 Å². The van der Waals surface area contributed by atoms with Gasteiger partial charge in [0.25, 0.3) is 0 Å². The van der Waals surface area contributed by atoms with Crippen molar-refractivity contribution in [2.75, 3.05) is 20.6 Å². The van der Waals surface area contributed by atoms with E-state index in [-0.39, 0.29) is 0 Å². The van der Waals surface area contributed by atoms with Gasteiger partial charge in [-0.2, -0.15) is 0 Å². The van der Waals surface area contributed by atoms with Crippen molar-refractivity contribution in [1.82, 2.24) is 10.2 Å². The quantitative estimate of drug-likeness (QED) is 0.789. The molecule has 0 bridgehead atoms. The lowest BCUT2D eigenvalue weighted by molar-refractivity contribution is 0.0239. The summed E-state index contributed by atoms with van der Waals surface area (Å²) in [5.74, 6) is 1.89. The predicted octanol–water partition coefficient (Wildman–Crippen LogP) is 3.67. The lowest BCUT2D eigenvalue weighted by Crippen LogP contribution is -2.61. The number of rotatable bonds is 6. The summed E-state index contributed by atoms with van der Waals surface area (Å²) in [7, 11) is 4.62. The maximum absolute atomic E-state index is 3.85. The van der Waals surface area contributed by atoms with Gasteiger partial charge < -0.3 is 10.2 Å². The lowest BCUT2D eigenvalue weighted by Gasteiger charge is -2.52. The first-order valence-corrected chi connectivity index (χ1v) is 8.49. The molecule has 2 nitrogen and oxygen atoms in total. The average Bonchev–Trinajstić information content (AvgIpc) is 2.31. The summed E-state index contributed by atoms with van der Waals surface area (Å²) in [5.41, 5.74) is 0.406. The first-order valence-electron chi connectivity index (χ1n) is 8.49. The molecule has 0 spiro atoms. The van der Waals surface area contributed by atoms with Crippen molar-refractivity contribution < 1.29 is 0 Å². The van der Waals surface area contributed by atoms with Crippen LogP contribution in [-0.2, 0) is 0 Å². The molecule has 2 aliphatic rings. The molecule has 19 heavy (non-hydrogen) atoms. The van der Waals surface area contributed by atoms with Crippen molar-refractivity contribution in [3.8, 4) is 0 Å². The summed E-state index contributed by atoms with van der Waals surface area (Å²) < 4.78 is 0. The monoisotopic (exact) mass is 266 g/mol. The molecule has 0 aromatic carbocycles. The van der Waals surface area contributed by atoms with E-state index >= 15 is 0 Å². The van der Waals surface area contributed by atoms with Gasteiger partial charge in [-0.1, -0.05) is 46.0 Å². The van der Waals surface area contributed by atoms with Gasteiger partial charge in [0.15, 0.2) is 0 Å². The van der Waals surface area contributed by atoms with E-state index in [1.54, 1.807) is 0 Å². The molecule has 0 radical (unpaired) electrons. The fourth-order valence-corrected chi connectivity index (χ4v) is 4.40.